The summed E-state index contributed by atoms with van der Waals surface area (Å²) in [6, 6.07) is 0.360. The second kappa shape index (κ2) is 6.13. The van der Waals surface area contributed by atoms with Gasteiger partial charge in [0.15, 0.2) is 0 Å². The van der Waals surface area contributed by atoms with Crippen molar-refractivity contribution < 1.29 is 4.74 Å². The molecule has 0 unspecified atom stereocenters. The molecule has 9 nitrogen and oxygen atoms in total. The highest BCUT2D eigenvalue weighted by Gasteiger charge is 2.11. The van der Waals surface area contributed by atoms with Gasteiger partial charge < -0.3 is 15.0 Å². The second-order valence-corrected chi connectivity index (χ2v) is 4.37. The molecule has 0 fully saturated rings. The Hall–Kier alpha value is -2.45. The average molecular weight is 278 g/mol. The molecule has 2 aromatic rings. The maximum atomic E-state index is 5.44. The summed E-state index contributed by atoms with van der Waals surface area (Å²) in [5.41, 5.74) is 0. The summed E-state index contributed by atoms with van der Waals surface area (Å²) in [4.78, 5) is 18.4. The van der Waals surface area contributed by atoms with Gasteiger partial charge in [0.05, 0.1) is 0 Å². The van der Waals surface area contributed by atoms with Crippen molar-refractivity contribution in [3.05, 3.63) is 6.33 Å². The predicted molar refractivity (Wildman–Crippen MR) is 74.0 cm³/mol. The summed E-state index contributed by atoms with van der Waals surface area (Å²) in [6.45, 7) is 2.84. The van der Waals surface area contributed by atoms with Crippen molar-refractivity contribution in [1.82, 2.24) is 29.7 Å². The number of aryl methyl sites for hydroxylation is 1. The predicted octanol–water partition coefficient (Wildman–Crippen LogP) is 0.680. The van der Waals surface area contributed by atoms with Gasteiger partial charge in [-0.3, -0.25) is 4.68 Å². The number of nitrogens with zero attached hydrogens (tertiary/aromatic N) is 7. The van der Waals surface area contributed by atoms with E-state index in [0.29, 0.717) is 11.9 Å². The molecule has 0 aromatic carbocycles. The van der Waals surface area contributed by atoms with Gasteiger partial charge in [-0.1, -0.05) is 6.92 Å². The van der Waals surface area contributed by atoms with Crippen molar-refractivity contribution in [3.63, 3.8) is 0 Å². The fraction of sp³-hybridized carbons (Fsp3) is 0.545. The van der Waals surface area contributed by atoms with E-state index in [1.807, 2.05) is 14.1 Å². The van der Waals surface area contributed by atoms with Gasteiger partial charge in [0, 0.05) is 27.7 Å². The van der Waals surface area contributed by atoms with Gasteiger partial charge in [-0.05, 0) is 6.42 Å². The smallest absolute Gasteiger partial charge is 0.343 e. The third-order valence-corrected chi connectivity index (χ3v) is 2.30. The van der Waals surface area contributed by atoms with E-state index in [1.165, 1.54) is 0 Å². The number of aromatic nitrogens is 6. The zero-order valence-electron chi connectivity index (χ0n) is 12.0. The topological polar surface area (TPSA) is 93.9 Å². The number of hydrogen-bond acceptors (Lipinski definition) is 8. The average Bonchev–Trinajstić information content (AvgIpc) is 2.81. The molecular weight excluding hydrogens is 260 g/mol. The van der Waals surface area contributed by atoms with Gasteiger partial charge in [0.25, 0.3) is 0 Å². The standard InChI is InChI=1S/C11H18N8O/c1-5-6-12-8-14-9(18(2)3)16-11(15-8)20-10-13-7-19(4)17-10/h7H,5-6H2,1-4H3,(H,12,14,15,16). The van der Waals surface area contributed by atoms with Crippen molar-refractivity contribution in [2.45, 2.75) is 13.3 Å². The fourth-order valence-electron chi connectivity index (χ4n) is 1.36. The SMILES string of the molecule is CCCNc1nc(Oc2ncn(C)n2)nc(N(C)C)n1. The molecular formula is C11H18N8O. The molecule has 0 saturated carbocycles. The Kier molecular flexibility index (Phi) is 4.28. The maximum absolute atomic E-state index is 5.44. The first kappa shape index (κ1) is 14.0. The molecule has 9 heteroatoms. The highest BCUT2D eigenvalue weighted by atomic mass is 16.5. The number of rotatable bonds is 6. The summed E-state index contributed by atoms with van der Waals surface area (Å²) in [5, 5.41) is 7.13. The quantitative estimate of drug-likeness (QED) is 0.824. The Labute approximate surface area is 117 Å². The number of anilines is 2. The van der Waals surface area contributed by atoms with Crippen LogP contribution in [0.15, 0.2) is 6.33 Å². The minimum atomic E-state index is 0.161. The van der Waals surface area contributed by atoms with Crippen LogP contribution in [0, 0.1) is 0 Å². The third-order valence-electron chi connectivity index (χ3n) is 2.30. The second-order valence-electron chi connectivity index (χ2n) is 4.37. The molecule has 0 atom stereocenters. The Morgan fingerprint density at radius 1 is 1.25 bits per heavy atom. The largest absolute Gasteiger partial charge is 0.387 e. The number of hydrogen-bond donors (Lipinski definition) is 1. The van der Waals surface area contributed by atoms with Crippen molar-refractivity contribution >= 4 is 11.9 Å². The molecule has 2 aromatic heterocycles. The molecule has 0 bridgehead atoms. The lowest BCUT2D eigenvalue weighted by molar-refractivity contribution is 0.404. The van der Waals surface area contributed by atoms with Crippen LogP contribution in [-0.4, -0.2) is 50.4 Å². The first-order valence-electron chi connectivity index (χ1n) is 6.29. The summed E-state index contributed by atoms with van der Waals surface area (Å²) in [5.74, 6) is 0.973. The van der Waals surface area contributed by atoms with E-state index >= 15 is 0 Å². The van der Waals surface area contributed by atoms with Gasteiger partial charge in [-0.15, -0.1) is 5.10 Å². The molecule has 0 aliphatic rings. The number of nitrogens with one attached hydrogen (secondary N) is 1. The molecule has 0 aliphatic carbocycles. The maximum Gasteiger partial charge on any atom is 0.343 e. The van der Waals surface area contributed by atoms with Crippen molar-refractivity contribution in [1.29, 1.82) is 0 Å². The van der Waals surface area contributed by atoms with E-state index in [2.05, 4.69) is 37.3 Å². The molecule has 0 aliphatic heterocycles. The van der Waals surface area contributed by atoms with E-state index in [0.717, 1.165) is 13.0 Å². The molecule has 0 amide bonds. The molecule has 2 heterocycles. The zero-order valence-corrected chi connectivity index (χ0v) is 12.0. The molecule has 2 rings (SSSR count). The Balaban J connectivity index is 2.23. The van der Waals surface area contributed by atoms with E-state index in [1.54, 1.807) is 23.0 Å². The summed E-state index contributed by atoms with van der Waals surface area (Å²) in [7, 11) is 5.45. The van der Waals surface area contributed by atoms with Gasteiger partial charge >= 0.3 is 12.0 Å². The zero-order chi connectivity index (χ0) is 14.5. The first-order chi connectivity index (χ1) is 9.58. The molecule has 20 heavy (non-hydrogen) atoms. The fourth-order valence-corrected chi connectivity index (χ4v) is 1.36. The number of ether oxygens (including phenoxy) is 1. The van der Waals surface area contributed by atoms with Crippen LogP contribution >= 0.6 is 0 Å². The van der Waals surface area contributed by atoms with E-state index in [4.69, 9.17) is 4.74 Å². The van der Waals surface area contributed by atoms with E-state index < -0.39 is 0 Å². The lowest BCUT2D eigenvalue weighted by Gasteiger charge is -2.12. The highest BCUT2D eigenvalue weighted by molar-refractivity contribution is 5.37. The van der Waals surface area contributed by atoms with Crippen LogP contribution in [0.1, 0.15) is 13.3 Å². The normalized spacial score (nSPS) is 10.4. The lowest BCUT2D eigenvalue weighted by Crippen LogP contribution is -2.16. The van der Waals surface area contributed by atoms with Gasteiger partial charge in [0.2, 0.25) is 11.9 Å². The van der Waals surface area contributed by atoms with Crippen molar-refractivity contribution in [2.75, 3.05) is 30.9 Å². The van der Waals surface area contributed by atoms with Crippen molar-refractivity contribution in [3.8, 4) is 12.0 Å². The molecule has 0 radical (unpaired) electrons. The summed E-state index contributed by atoms with van der Waals surface area (Å²) < 4.78 is 6.98. The van der Waals surface area contributed by atoms with E-state index in [9.17, 15) is 0 Å². The van der Waals surface area contributed by atoms with Crippen LogP contribution < -0.4 is 15.0 Å². The van der Waals surface area contributed by atoms with Crippen LogP contribution in [0.25, 0.3) is 0 Å². The monoisotopic (exact) mass is 278 g/mol. The van der Waals surface area contributed by atoms with Crippen LogP contribution in [0.5, 0.6) is 12.0 Å². The highest BCUT2D eigenvalue weighted by Crippen LogP contribution is 2.17. The van der Waals surface area contributed by atoms with Crippen LogP contribution in [0.3, 0.4) is 0 Å². The minimum Gasteiger partial charge on any atom is -0.387 e. The van der Waals surface area contributed by atoms with Crippen LogP contribution in [0.2, 0.25) is 0 Å². The summed E-state index contributed by atoms with van der Waals surface area (Å²) >= 11 is 0. The van der Waals surface area contributed by atoms with Gasteiger partial charge in [-0.25, -0.2) is 0 Å². The van der Waals surface area contributed by atoms with Crippen LogP contribution in [0.4, 0.5) is 11.9 Å². The van der Waals surface area contributed by atoms with Crippen LogP contribution in [-0.2, 0) is 7.05 Å². The summed E-state index contributed by atoms with van der Waals surface area (Å²) in [6.07, 6.45) is 2.51. The Morgan fingerprint density at radius 2 is 2.05 bits per heavy atom. The molecule has 1 N–H and O–H groups in total. The Bertz CT molecular complexity index is 567. The molecule has 108 valence electrons. The molecule has 0 saturated heterocycles. The van der Waals surface area contributed by atoms with Crippen molar-refractivity contribution in [2.24, 2.45) is 7.05 Å². The van der Waals surface area contributed by atoms with E-state index in [-0.39, 0.29) is 12.0 Å². The third kappa shape index (κ3) is 3.53. The van der Waals surface area contributed by atoms with Gasteiger partial charge in [-0.2, -0.15) is 19.9 Å². The first-order valence-corrected chi connectivity index (χ1v) is 6.29. The Morgan fingerprint density at radius 3 is 2.65 bits per heavy atom. The lowest BCUT2D eigenvalue weighted by atomic mass is 10.5. The molecule has 0 spiro atoms. The minimum absolute atomic E-state index is 0.161. The van der Waals surface area contributed by atoms with Gasteiger partial charge in [0.1, 0.15) is 6.33 Å².